The van der Waals surface area contributed by atoms with Crippen molar-refractivity contribution in [3.63, 3.8) is 0 Å². The van der Waals surface area contributed by atoms with E-state index in [-0.39, 0.29) is 0 Å². The number of hydrogen-bond acceptors (Lipinski definition) is 3. The SMILES string of the molecule is Cc1cc(C(N)=S)ccc1CN1CCC(N(C)C)CC1. The van der Waals surface area contributed by atoms with Gasteiger partial charge in [0.1, 0.15) is 4.99 Å². The van der Waals surface area contributed by atoms with Gasteiger partial charge in [0.15, 0.2) is 0 Å². The summed E-state index contributed by atoms with van der Waals surface area (Å²) in [5, 5.41) is 0. The lowest BCUT2D eigenvalue weighted by Crippen LogP contribution is -2.41. The Morgan fingerprint density at radius 1 is 1.35 bits per heavy atom. The van der Waals surface area contributed by atoms with Crippen LogP contribution in [0.2, 0.25) is 0 Å². The van der Waals surface area contributed by atoms with Crippen molar-refractivity contribution in [3.8, 4) is 0 Å². The van der Waals surface area contributed by atoms with Crippen LogP contribution in [-0.4, -0.2) is 48.0 Å². The quantitative estimate of drug-likeness (QED) is 0.862. The summed E-state index contributed by atoms with van der Waals surface area (Å²) in [5.74, 6) is 0. The van der Waals surface area contributed by atoms with E-state index in [1.165, 1.54) is 37.1 Å². The number of thiocarbonyl (C=S) groups is 1. The molecule has 0 bridgehead atoms. The molecule has 1 aromatic carbocycles. The first-order valence-corrected chi connectivity index (χ1v) is 7.66. The maximum Gasteiger partial charge on any atom is 0.103 e. The zero-order valence-electron chi connectivity index (χ0n) is 12.7. The molecule has 1 aliphatic heterocycles. The first-order valence-electron chi connectivity index (χ1n) is 7.25. The minimum absolute atomic E-state index is 0.478. The van der Waals surface area contributed by atoms with Gasteiger partial charge in [-0.2, -0.15) is 0 Å². The molecule has 1 aromatic rings. The number of nitrogens with zero attached hydrogens (tertiary/aromatic N) is 2. The third-order valence-electron chi connectivity index (χ3n) is 4.31. The number of likely N-dealkylation sites (tertiary alicyclic amines) is 1. The molecule has 0 unspecified atom stereocenters. The lowest BCUT2D eigenvalue weighted by molar-refractivity contribution is 0.140. The monoisotopic (exact) mass is 291 g/mol. The molecule has 20 heavy (non-hydrogen) atoms. The van der Waals surface area contributed by atoms with E-state index >= 15 is 0 Å². The molecule has 1 aliphatic rings. The smallest absolute Gasteiger partial charge is 0.103 e. The molecular formula is C16H25N3S. The van der Waals surface area contributed by atoms with Crippen LogP contribution in [0.25, 0.3) is 0 Å². The van der Waals surface area contributed by atoms with Crippen molar-refractivity contribution in [2.45, 2.75) is 32.4 Å². The average Bonchev–Trinajstić information content (AvgIpc) is 2.41. The van der Waals surface area contributed by atoms with Gasteiger partial charge in [-0.3, -0.25) is 4.90 Å². The largest absolute Gasteiger partial charge is 0.389 e. The van der Waals surface area contributed by atoms with E-state index in [1.807, 2.05) is 6.07 Å². The summed E-state index contributed by atoms with van der Waals surface area (Å²) in [6.07, 6.45) is 2.52. The highest BCUT2D eigenvalue weighted by molar-refractivity contribution is 7.80. The number of rotatable bonds is 4. The lowest BCUT2D eigenvalue weighted by atomic mass is 10.0. The number of benzene rings is 1. The second kappa shape index (κ2) is 6.66. The van der Waals surface area contributed by atoms with Crippen LogP contribution in [0, 0.1) is 6.92 Å². The minimum atomic E-state index is 0.478. The molecule has 0 aromatic heterocycles. The molecule has 1 fully saturated rings. The molecule has 2 N–H and O–H groups in total. The highest BCUT2D eigenvalue weighted by Gasteiger charge is 2.20. The number of hydrogen-bond donors (Lipinski definition) is 1. The summed E-state index contributed by atoms with van der Waals surface area (Å²) in [6.45, 7) is 5.53. The summed E-state index contributed by atoms with van der Waals surface area (Å²) in [5.41, 5.74) is 9.31. The van der Waals surface area contributed by atoms with Gasteiger partial charge in [-0.1, -0.05) is 24.4 Å². The van der Waals surface area contributed by atoms with Crippen molar-refractivity contribution in [1.82, 2.24) is 9.80 Å². The maximum atomic E-state index is 5.68. The molecule has 0 amide bonds. The molecule has 1 heterocycles. The molecule has 0 atom stereocenters. The number of aryl methyl sites for hydroxylation is 1. The first-order chi connectivity index (χ1) is 9.47. The second-order valence-electron chi connectivity index (χ2n) is 5.98. The normalized spacial score (nSPS) is 17.6. The van der Waals surface area contributed by atoms with Gasteiger partial charge in [0.05, 0.1) is 0 Å². The summed E-state index contributed by atoms with van der Waals surface area (Å²) in [7, 11) is 4.36. The Morgan fingerprint density at radius 2 is 2.00 bits per heavy atom. The third-order valence-corrected chi connectivity index (χ3v) is 4.54. The Hall–Kier alpha value is -0.970. The molecule has 0 aliphatic carbocycles. The van der Waals surface area contributed by atoms with Crippen LogP contribution in [0.5, 0.6) is 0 Å². The van der Waals surface area contributed by atoms with Crippen LogP contribution in [0.1, 0.15) is 29.5 Å². The third kappa shape index (κ3) is 3.78. The van der Waals surface area contributed by atoms with Crippen molar-refractivity contribution < 1.29 is 0 Å². The fourth-order valence-electron chi connectivity index (χ4n) is 2.86. The van der Waals surface area contributed by atoms with Crippen molar-refractivity contribution in [2.75, 3.05) is 27.2 Å². The van der Waals surface area contributed by atoms with Gasteiger partial charge in [-0.25, -0.2) is 0 Å². The topological polar surface area (TPSA) is 32.5 Å². The van der Waals surface area contributed by atoms with E-state index in [9.17, 15) is 0 Å². The Kier molecular flexibility index (Phi) is 5.13. The van der Waals surface area contributed by atoms with Crippen molar-refractivity contribution >= 4 is 17.2 Å². The van der Waals surface area contributed by atoms with Crippen molar-refractivity contribution in [1.29, 1.82) is 0 Å². The summed E-state index contributed by atoms with van der Waals surface area (Å²) < 4.78 is 0. The molecule has 0 spiro atoms. The highest BCUT2D eigenvalue weighted by atomic mass is 32.1. The van der Waals surface area contributed by atoms with E-state index in [2.05, 4.69) is 43.0 Å². The Balaban J connectivity index is 1.96. The lowest BCUT2D eigenvalue weighted by Gasteiger charge is -2.35. The fraction of sp³-hybridized carbons (Fsp3) is 0.562. The summed E-state index contributed by atoms with van der Waals surface area (Å²) in [4.78, 5) is 5.37. The standard InChI is InChI=1S/C16H25N3S/c1-12-10-13(16(17)20)4-5-14(12)11-19-8-6-15(7-9-19)18(2)3/h4-5,10,15H,6-9,11H2,1-3H3,(H2,17,20). The van der Waals surface area contributed by atoms with Gasteiger partial charge < -0.3 is 10.6 Å². The summed E-state index contributed by atoms with van der Waals surface area (Å²) in [6, 6.07) is 7.05. The van der Waals surface area contributed by atoms with Gasteiger partial charge in [-0.15, -0.1) is 0 Å². The predicted octanol–water partition coefficient (Wildman–Crippen LogP) is 2.16. The van der Waals surface area contributed by atoms with Gasteiger partial charge in [0.25, 0.3) is 0 Å². The van der Waals surface area contributed by atoms with E-state index < -0.39 is 0 Å². The molecular weight excluding hydrogens is 266 g/mol. The predicted molar refractivity (Wildman–Crippen MR) is 89.1 cm³/mol. The van der Waals surface area contributed by atoms with Crippen LogP contribution < -0.4 is 5.73 Å². The van der Waals surface area contributed by atoms with Gasteiger partial charge in [-0.05, 0) is 64.1 Å². The van der Waals surface area contributed by atoms with Crippen LogP contribution in [0.3, 0.4) is 0 Å². The zero-order valence-corrected chi connectivity index (χ0v) is 13.5. The minimum Gasteiger partial charge on any atom is -0.389 e. The Labute approximate surface area is 127 Å². The first kappa shape index (κ1) is 15.4. The summed E-state index contributed by atoms with van der Waals surface area (Å²) >= 11 is 5.03. The van der Waals surface area contributed by atoms with E-state index in [4.69, 9.17) is 18.0 Å². The van der Waals surface area contributed by atoms with Crippen LogP contribution in [-0.2, 0) is 6.54 Å². The van der Waals surface area contributed by atoms with E-state index in [0.717, 1.165) is 18.2 Å². The molecule has 0 radical (unpaired) electrons. The second-order valence-corrected chi connectivity index (χ2v) is 6.42. The van der Waals surface area contributed by atoms with Crippen molar-refractivity contribution in [3.05, 3.63) is 34.9 Å². The molecule has 3 nitrogen and oxygen atoms in total. The molecule has 4 heteroatoms. The van der Waals surface area contributed by atoms with E-state index in [1.54, 1.807) is 0 Å². The van der Waals surface area contributed by atoms with Crippen molar-refractivity contribution in [2.24, 2.45) is 5.73 Å². The maximum absolute atomic E-state index is 5.68. The highest BCUT2D eigenvalue weighted by Crippen LogP contribution is 2.19. The zero-order chi connectivity index (χ0) is 14.7. The Morgan fingerprint density at radius 3 is 2.50 bits per heavy atom. The van der Waals surface area contributed by atoms with Crippen LogP contribution in [0.4, 0.5) is 0 Å². The van der Waals surface area contributed by atoms with Gasteiger partial charge in [0, 0.05) is 18.2 Å². The van der Waals surface area contributed by atoms with Gasteiger partial charge >= 0.3 is 0 Å². The number of nitrogens with two attached hydrogens (primary N) is 1. The fourth-order valence-corrected chi connectivity index (χ4v) is 2.99. The van der Waals surface area contributed by atoms with Crippen LogP contribution >= 0.6 is 12.2 Å². The average molecular weight is 291 g/mol. The van der Waals surface area contributed by atoms with Gasteiger partial charge in [0.2, 0.25) is 0 Å². The Bertz CT molecular complexity index is 477. The molecule has 0 saturated carbocycles. The molecule has 110 valence electrons. The molecule has 1 saturated heterocycles. The van der Waals surface area contributed by atoms with E-state index in [0.29, 0.717) is 4.99 Å². The molecule has 2 rings (SSSR count). The number of piperidine rings is 1. The van der Waals surface area contributed by atoms with Crippen LogP contribution in [0.15, 0.2) is 18.2 Å².